The molecule has 0 saturated heterocycles. The number of benzene rings is 12. The molecule has 1 aliphatic carbocycles. The molecule has 15 rings (SSSR count). The zero-order valence-corrected chi connectivity index (χ0v) is 41.9. The summed E-state index contributed by atoms with van der Waals surface area (Å²) in [7, 11) is 0. The van der Waals surface area contributed by atoms with Crippen molar-refractivity contribution in [3.63, 3.8) is 0 Å². The van der Waals surface area contributed by atoms with Crippen LogP contribution in [0.25, 0.3) is 95.6 Å². The van der Waals surface area contributed by atoms with Gasteiger partial charge >= 0.3 is 0 Å². The van der Waals surface area contributed by atoms with E-state index < -0.39 is 5.41 Å². The third kappa shape index (κ3) is 6.74. The number of nitrogens with zero attached hydrogens (tertiary/aromatic N) is 1. The van der Waals surface area contributed by atoms with Gasteiger partial charge in [-0.2, -0.15) is 0 Å². The van der Waals surface area contributed by atoms with Gasteiger partial charge in [0.1, 0.15) is 0 Å². The maximum Gasteiger partial charge on any atom is 0.0714 e. The Kier molecular flexibility index (Phi) is 9.91. The monoisotopic (exact) mass is 975 g/mol. The van der Waals surface area contributed by atoms with Crippen molar-refractivity contribution in [1.29, 1.82) is 0 Å². The predicted molar refractivity (Wildman–Crippen MR) is 318 cm³/mol. The number of hydrogen-bond donors (Lipinski definition) is 0. The van der Waals surface area contributed by atoms with E-state index in [0.717, 1.165) is 22.6 Å². The number of thiophene rings is 2. The zero-order chi connectivity index (χ0) is 48.7. The van der Waals surface area contributed by atoms with E-state index in [1.54, 1.807) is 0 Å². The fourth-order valence-corrected chi connectivity index (χ4v) is 14.3. The summed E-state index contributed by atoms with van der Waals surface area (Å²) in [6.45, 7) is 0. The fraction of sp³-hybridized carbons (Fsp3) is 0.0141. The Hall–Kier alpha value is -8.86. The molecule has 1 aliphatic rings. The molecule has 0 radical (unpaired) electrons. The Morgan fingerprint density at radius 3 is 1.38 bits per heavy atom. The van der Waals surface area contributed by atoms with Crippen molar-refractivity contribution < 1.29 is 0 Å². The van der Waals surface area contributed by atoms with Gasteiger partial charge in [-0.1, -0.05) is 188 Å². The largest absolute Gasteiger partial charge is 0.310 e. The second-order valence-electron chi connectivity index (χ2n) is 19.6. The first-order chi connectivity index (χ1) is 36.7. The quantitative estimate of drug-likeness (QED) is 0.147. The van der Waals surface area contributed by atoms with Crippen LogP contribution in [0.4, 0.5) is 17.1 Å². The van der Waals surface area contributed by atoms with Crippen LogP contribution in [0.5, 0.6) is 0 Å². The zero-order valence-electron chi connectivity index (χ0n) is 40.2. The van der Waals surface area contributed by atoms with Gasteiger partial charge in [-0.3, -0.25) is 0 Å². The lowest BCUT2D eigenvalue weighted by Crippen LogP contribution is -2.28. The van der Waals surface area contributed by atoms with Gasteiger partial charge < -0.3 is 4.90 Å². The molecule has 0 unspecified atom stereocenters. The minimum atomic E-state index is -0.524. The summed E-state index contributed by atoms with van der Waals surface area (Å²) >= 11 is 3.73. The van der Waals surface area contributed by atoms with Crippen molar-refractivity contribution in [3.05, 3.63) is 295 Å². The highest BCUT2D eigenvalue weighted by Gasteiger charge is 2.46. The van der Waals surface area contributed by atoms with E-state index in [0.29, 0.717) is 0 Å². The van der Waals surface area contributed by atoms with Crippen LogP contribution in [0.15, 0.2) is 273 Å². The highest BCUT2D eigenvalue weighted by Crippen LogP contribution is 2.57. The summed E-state index contributed by atoms with van der Waals surface area (Å²) in [6.07, 6.45) is 0. The molecule has 2 heterocycles. The van der Waals surface area contributed by atoms with E-state index in [4.69, 9.17) is 0 Å². The predicted octanol–water partition coefficient (Wildman–Crippen LogP) is 20.4. The van der Waals surface area contributed by atoms with Crippen LogP contribution in [0.3, 0.4) is 0 Å². The first-order valence-electron chi connectivity index (χ1n) is 25.4. The van der Waals surface area contributed by atoms with Gasteiger partial charge in [0, 0.05) is 57.1 Å². The summed E-state index contributed by atoms with van der Waals surface area (Å²) in [5, 5.41) is 7.63. The molecule has 0 atom stereocenters. The summed E-state index contributed by atoms with van der Waals surface area (Å²) < 4.78 is 5.26. The number of rotatable bonds is 8. The maximum atomic E-state index is 2.47. The fourth-order valence-electron chi connectivity index (χ4n) is 12.1. The molecule has 346 valence electrons. The molecule has 0 amide bonds. The van der Waals surface area contributed by atoms with Gasteiger partial charge in [-0.05, 0) is 157 Å². The van der Waals surface area contributed by atoms with Gasteiger partial charge in [-0.15, -0.1) is 22.7 Å². The molecule has 74 heavy (non-hydrogen) atoms. The normalized spacial score (nSPS) is 12.7. The van der Waals surface area contributed by atoms with Crippen LogP contribution >= 0.6 is 22.7 Å². The SMILES string of the molecule is c1ccc(C2(c3ccccc3)c3ccccc3-c3ccc(N(c4ccc(-c5cc(-c6ccc7sc8ccccc8c7c6)cc(-c6ccc7sc8ccccc8c7c6)c5)cc4)c4cccc5ccccc45)cc32)cc1. The number of fused-ring (bicyclic) bond motifs is 10. The minimum absolute atomic E-state index is 0.524. The summed E-state index contributed by atoms with van der Waals surface area (Å²) in [4.78, 5) is 2.47. The lowest BCUT2D eigenvalue weighted by Gasteiger charge is -2.35. The molecule has 1 nitrogen and oxygen atoms in total. The van der Waals surface area contributed by atoms with Gasteiger partial charge in [0.05, 0.1) is 11.1 Å². The summed E-state index contributed by atoms with van der Waals surface area (Å²) in [5.74, 6) is 0. The highest BCUT2D eigenvalue weighted by molar-refractivity contribution is 7.26. The first kappa shape index (κ1) is 42.8. The Balaban J connectivity index is 0.910. The summed E-state index contributed by atoms with van der Waals surface area (Å²) in [5.41, 5.74) is 17.6. The Morgan fingerprint density at radius 1 is 0.270 bits per heavy atom. The van der Waals surface area contributed by atoms with Gasteiger partial charge in [0.25, 0.3) is 0 Å². The molecule has 0 N–H and O–H groups in total. The van der Waals surface area contributed by atoms with E-state index in [2.05, 4.69) is 278 Å². The van der Waals surface area contributed by atoms with Gasteiger partial charge in [0.2, 0.25) is 0 Å². The molecule has 0 bridgehead atoms. The van der Waals surface area contributed by atoms with E-state index >= 15 is 0 Å². The second kappa shape index (κ2) is 17.1. The molecule has 2 aromatic heterocycles. The molecule has 0 fully saturated rings. The van der Waals surface area contributed by atoms with E-state index in [1.165, 1.54) is 112 Å². The van der Waals surface area contributed by atoms with Crippen molar-refractivity contribution in [3.8, 4) is 44.5 Å². The second-order valence-corrected chi connectivity index (χ2v) is 21.7. The van der Waals surface area contributed by atoms with Crippen LogP contribution in [-0.4, -0.2) is 0 Å². The van der Waals surface area contributed by atoms with E-state index in [-0.39, 0.29) is 0 Å². The molecule has 14 aromatic rings. The molecule has 12 aromatic carbocycles. The smallest absolute Gasteiger partial charge is 0.0714 e. The third-order valence-corrected chi connectivity index (χ3v) is 17.8. The molecular formula is C71H45NS2. The van der Waals surface area contributed by atoms with Crippen molar-refractivity contribution in [2.75, 3.05) is 4.90 Å². The third-order valence-electron chi connectivity index (χ3n) is 15.5. The van der Waals surface area contributed by atoms with Gasteiger partial charge in [-0.25, -0.2) is 0 Å². The Labute approximate surface area is 438 Å². The van der Waals surface area contributed by atoms with Crippen molar-refractivity contribution in [2.24, 2.45) is 0 Å². The van der Waals surface area contributed by atoms with Crippen molar-refractivity contribution >= 4 is 90.9 Å². The Morgan fingerprint density at radius 2 is 0.743 bits per heavy atom. The van der Waals surface area contributed by atoms with Crippen LogP contribution in [-0.2, 0) is 5.41 Å². The lowest BCUT2D eigenvalue weighted by atomic mass is 9.67. The summed E-state index contributed by atoms with van der Waals surface area (Å²) in [6, 6.07) is 102. The number of hydrogen-bond acceptors (Lipinski definition) is 3. The first-order valence-corrected chi connectivity index (χ1v) is 27.0. The highest BCUT2D eigenvalue weighted by atomic mass is 32.1. The van der Waals surface area contributed by atoms with Crippen LogP contribution in [0.2, 0.25) is 0 Å². The minimum Gasteiger partial charge on any atom is -0.310 e. The topological polar surface area (TPSA) is 3.24 Å². The van der Waals surface area contributed by atoms with Crippen LogP contribution in [0.1, 0.15) is 22.3 Å². The maximum absolute atomic E-state index is 2.47. The average Bonchev–Trinajstić information content (AvgIpc) is 4.15. The molecule has 0 aliphatic heterocycles. The van der Waals surface area contributed by atoms with Gasteiger partial charge in [0.15, 0.2) is 0 Å². The molecule has 0 spiro atoms. The van der Waals surface area contributed by atoms with Crippen molar-refractivity contribution in [1.82, 2.24) is 0 Å². The molecular weight excluding hydrogens is 931 g/mol. The van der Waals surface area contributed by atoms with E-state index in [9.17, 15) is 0 Å². The number of anilines is 3. The van der Waals surface area contributed by atoms with Crippen LogP contribution < -0.4 is 4.90 Å². The lowest BCUT2D eigenvalue weighted by molar-refractivity contribution is 0.768. The average molecular weight is 976 g/mol. The molecule has 0 saturated carbocycles. The van der Waals surface area contributed by atoms with Crippen LogP contribution in [0, 0.1) is 0 Å². The Bertz CT molecular complexity index is 4310. The molecule has 3 heteroatoms. The van der Waals surface area contributed by atoms with E-state index in [1.807, 2.05) is 22.7 Å². The standard InChI is InChI=1S/C71H45NS2/c1-3-18-53(19-4-1)71(54-20-5-2-6-21-54)64-26-12-9-23-58(64)59-37-36-56(45-65(59)71)72(66-27-15-17-47-16-7-8-22-57(47)66)55-34-30-46(31-35-55)50-40-51(48-32-38-69-62(43-48)60-24-10-13-28-67(60)73-69)42-52(41-50)49-33-39-70-63(44-49)61-25-11-14-29-68(61)74-70/h1-45H. The van der Waals surface area contributed by atoms with Crippen molar-refractivity contribution in [2.45, 2.75) is 5.41 Å².